The topological polar surface area (TPSA) is 102 Å². The van der Waals surface area contributed by atoms with Gasteiger partial charge in [-0.3, -0.25) is 9.59 Å². The molecule has 2 N–H and O–H groups in total. The number of nitrogens with one attached hydrogen (secondary N) is 1. The van der Waals surface area contributed by atoms with Crippen LogP contribution in [0.15, 0.2) is 98.9 Å². The zero-order chi connectivity index (χ0) is 24.5. The lowest BCUT2D eigenvalue weighted by atomic mass is 9.96. The van der Waals surface area contributed by atoms with Crippen LogP contribution in [0.25, 0.3) is 21.9 Å². The number of carbonyl (C=O) groups excluding carboxylic acids is 1. The third kappa shape index (κ3) is 4.08. The van der Waals surface area contributed by atoms with Crippen LogP contribution in [0.4, 0.5) is 5.69 Å². The van der Waals surface area contributed by atoms with Crippen LogP contribution in [0, 0.1) is 0 Å². The molecule has 0 saturated carbocycles. The summed E-state index contributed by atoms with van der Waals surface area (Å²) < 4.78 is 6.78. The van der Waals surface area contributed by atoms with Gasteiger partial charge in [0.1, 0.15) is 16.9 Å². The molecule has 5 rings (SSSR count). The molecule has 0 bridgehead atoms. The number of ketones is 1. The second-order valence-electron chi connectivity index (χ2n) is 8.32. The third-order valence-corrected chi connectivity index (χ3v) is 6.11. The van der Waals surface area contributed by atoms with E-state index in [0.717, 1.165) is 0 Å². The molecule has 2 heterocycles. The van der Waals surface area contributed by atoms with Crippen molar-refractivity contribution < 1.29 is 14.3 Å². The van der Waals surface area contributed by atoms with E-state index in [1.54, 1.807) is 67.7 Å². The SMILES string of the molecule is Cn1c(=O)c(C(CC(=O)c2cc3ccccc3oc2=O)Nc2ccccc2)c(O)c2ccccc21. The molecule has 0 aliphatic heterocycles. The molecular weight excluding hydrogens is 444 g/mol. The molecule has 1 atom stereocenters. The van der Waals surface area contributed by atoms with Crippen molar-refractivity contribution in [1.29, 1.82) is 0 Å². The van der Waals surface area contributed by atoms with Crippen molar-refractivity contribution >= 4 is 33.3 Å². The number of benzene rings is 3. The monoisotopic (exact) mass is 466 g/mol. The molecule has 0 amide bonds. The van der Waals surface area contributed by atoms with Crippen LogP contribution in [0.2, 0.25) is 0 Å². The van der Waals surface area contributed by atoms with Crippen molar-refractivity contribution in [1.82, 2.24) is 4.57 Å². The molecule has 7 heteroatoms. The molecular formula is C28H22N2O5. The Balaban J connectivity index is 1.63. The maximum Gasteiger partial charge on any atom is 0.347 e. The van der Waals surface area contributed by atoms with Gasteiger partial charge in [-0.2, -0.15) is 0 Å². The summed E-state index contributed by atoms with van der Waals surface area (Å²) in [6, 6.07) is 23.6. The van der Waals surface area contributed by atoms with Crippen LogP contribution in [-0.4, -0.2) is 15.5 Å². The van der Waals surface area contributed by atoms with E-state index in [0.29, 0.717) is 27.6 Å². The molecule has 7 nitrogen and oxygen atoms in total. The van der Waals surface area contributed by atoms with Gasteiger partial charge >= 0.3 is 5.63 Å². The lowest BCUT2D eigenvalue weighted by molar-refractivity contribution is 0.0973. The van der Waals surface area contributed by atoms with Gasteiger partial charge in [0.25, 0.3) is 5.56 Å². The Hall–Kier alpha value is -4.65. The molecule has 174 valence electrons. The Morgan fingerprint density at radius 1 is 0.971 bits per heavy atom. The molecule has 2 aromatic heterocycles. The van der Waals surface area contributed by atoms with Crippen molar-refractivity contribution in [3.05, 3.63) is 117 Å². The Morgan fingerprint density at radius 2 is 1.66 bits per heavy atom. The smallest absolute Gasteiger partial charge is 0.347 e. The van der Waals surface area contributed by atoms with E-state index in [2.05, 4.69) is 5.32 Å². The molecule has 0 spiro atoms. The molecule has 1 unspecified atom stereocenters. The minimum atomic E-state index is -0.904. The number of rotatable bonds is 6. The number of pyridine rings is 1. The zero-order valence-corrected chi connectivity index (χ0v) is 18.9. The highest BCUT2D eigenvalue weighted by molar-refractivity contribution is 5.99. The summed E-state index contributed by atoms with van der Waals surface area (Å²) in [6.07, 6.45) is -0.251. The van der Waals surface area contributed by atoms with Crippen LogP contribution in [0.5, 0.6) is 5.75 Å². The molecule has 5 aromatic rings. The van der Waals surface area contributed by atoms with Gasteiger partial charge in [0.2, 0.25) is 0 Å². The van der Waals surface area contributed by atoms with Gasteiger partial charge in [-0.05, 0) is 36.4 Å². The number of hydrogen-bond donors (Lipinski definition) is 2. The standard InChI is InChI=1S/C28H22N2O5/c1-30-22-13-7-6-12-19(22)26(32)25(27(30)33)21(29-18-10-3-2-4-11-18)16-23(31)20-15-17-9-5-8-14-24(17)35-28(20)34/h2-15,21,29,32H,16H2,1H3. The van der Waals surface area contributed by atoms with Crippen LogP contribution >= 0.6 is 0 Å². The van der Waals surface area contributed by atoms with Gasteiger partial charge < -0.3 is 19.4 Å². The Bertz CT molecular complexity index is 1690. The van der Waals surface area contributed by atoms with Crippen LogP contribution < -0.4 is 16.5 Å². The number of aromatic nitrogens is 1. The van der Waals surface area contributed by atoms with Crippen molar-refractivity contribution in [2.45, 2.75) is 12.5 Å². The van der Waals surface area contributed by atoms with Gasteiger partial charge in [0.05, 0.1) is 17.1 Å². The number of para-hydroxylation sites is 3. The van der Waals surface area contributed by atoms with Gasteiger partial charge in [-0.15, -0.1) is 0 Å². The number of fused-ring (bicyclic) bond motifs is 2. The highest BCUT2D eigenvalue weighted by Gasteiger charge is 2.27. The first-order chi connectivity index (χ1) is 16.9. The van der Waals surface area contributed by atoms with Crippen molar-refractivity contribution in [3.8, 4) is 5.75 Å². The van der Waals surface area contributed by atoms with E-state index >= 15 is 0 Å². The fourth-order valence-corrected chi connectivity index (χ4v) is 4.33. The second kappa shape index (κ2) is 8.95. The molecule has 0 fully saturated rings. The summed E-state index contributed by atoms with van der Waals surface area (Å²) in [5.74, 6) is -0.706. The lowest BCUT2D eigenvalue weighted by Gasteiger charge is -2.22. The van der Waals surface area contributed by atoms with E-state index in [1.165, 1.54) is 10.6 Å². The molecule has 0 aliphatic carbocycles. The summed E-state index contributed by atoms with van der Waals surface area (Å²) in [6.45, 7) is 0. The molecule has 35 heavy (non-hydrogen) atoms. The summed E-state index contributed by atoms with van der Waals surface area (Å²) in [5, 5.41) is 15.4. The average Bonchev–Trinajstić information content (AvgIpc) is 2.87. The van der Waals surface area contributed by atoms with Crippen LogP contribution in [0.3, 0.4) is 0 Å². The first kappa shape index (κ1) is 22.2. The van der Waals surface area contributed by atoms with Gasteiger partial charge in [-0.25, -0.2) is 4.79 Å². The van der Waals surface area contributed by atoms with Crippen LogP contribution in [-0.2, 0) is 7.05 Å². The maximum atomic E-state index is 13.4. The normalized spacial score (nSPS) is 12.0. The number of nitrogens with zero attached hydrogens (tertiary/aromatic N) is 1. The summed E-state index contributed by atoms with van der Waals surface area (Å²) in [7, 11) is 1.62. The van der Waals surface area contributed by atoms with Gasteiger partial charge in [0.15, 0.2) is 5.78 Å². The Kier molecular flexibility index (Phi) is 5.66. The average molecular weight is 466 g/mol. The summed E-state index contributed by atoms with van der Waals surface area (Å²) in [5.41, 5.74) is 0.364. The number of aryl methyl sites for hydroxylation is 1. The minimum absolute atomic E-state index is 0.0496. The van der Waals surface area contributed by atoms with Crippen molar-refractivity contribution in [2.75, 3.05) is 5.32 Å². The number of Topliss-reactive ketones (excluding diaryl/α,β-unsaturated/α-hetero) is 1. The lowest BCUT2D eigenvalue weighted by Crippen LogP contribution is -2.29. The van der Waals surface area contributed by atoms with E-state index in [9.17, 15) is 19.5 Å². The highest BCUT2D eigenvalue weighted by atomic mass is 16.4. The predicted octanol–water partition coefficient (Wildman–Crippen LogP) is 4.78. The zero-order valence-electron chi connectivity index (χ0n) is 18.9. The fourth-order valence-electron chi connectivity index (χ4n) is 4.33. The van der Waals surface area contributed by atoms with E-state index in [4.69, 9.17) is 4.42 Å². The number of carbonyl (C=O) groups is 1. The Labute approximate surface area is 199 Å². The van der Waals surface area contributed by atoms with Crippen molar-refractivity contribution in [2.24, 2.45) is 7.05 Å². The first-order valence-electron chi connectivity index (χ1n) is 11.1. The maximum absolute atomic E-state index is 13.4. The Morgan fingerprint density at radius 3 is 2.46 bits per heavy atom. The van der Waals surface area contributed by atoms with Crippen LogP contribution in [0.1, 0.15) is 28.4 Å². The quantitative estimate of drug-likeness (QED) is 0.276. The highest BCUT2D eigenvalue weighted by Crippen LogP contribution is 2.33. The fraction of sp³-hybridized carbons (Fsp3) is 0.107. The van der Waals surface area contributed by atoms with E-state index < -0.39 is 23.0 Å². The summed E-state index contributed by atoms with van der Waals surface area (Å²) >= 11 is 0. The van der Waals surface area contributed by atoms with E-state index in [-0.39, 0.29) is 23.3 Å². The van der Waals surface area contributed by atoms with Gasteiger partial charge in [0, 0.05) is 29.9 Å². The van der Waals surface area contributed by atoms with E-state index in [1.807, 2.05) is 18.2 Å². The first-order valence-corrected chi connectivity index (χ1v) is 11.1. The molecule has 0 saturated heterocycles. The molecule has 0 radical (unpaired) electrons. The molecule has 0 aliphatic rings. The molecule has 3 aromatic carbocycles. The minimum Gasteiger partial charge on any atom is -0.507 e. The van der Waals surface area contributed by atoms with Gasteiger partial charge in [-0.1, -0.05) is 48.5 Å². The second-order valence-corrected chi connectivity index (χ2v) is 8.32. The predicted molar refractivity (Wildman–Crippen MR) is 135 cm³/mol. The number of hydrogen-bond acceptors (Lipinski definition) is 6. The summed E-state index contributed by atoms with van der Waals surface area (Å²) in [4.78, 5) is 39.3. The van der Waals surface area contributed by atoms with Crippen molar-refractivity contribution in [3.63, 3.8) is 0 Å². The number of aromatic hydroxyl groups is 1. The number of anilines is 1. The largest absolute Gasteiger partial charge is 0.507 e. The third-order valence-electron chi connectivity index (χ3n) is 6.11.